The molecular weight excluding hydrogens is 504 g/mol. The quantitative estimate of drug-likeness (QED) is 0.0780. The molecule has 0 atom stereocenters. The molecule has 5 aromatic rings. The fourth-order valence-electron chi connectivity index (χ4n) is 7.82. The van der Waals surface area contributed by atoms with Crippen LogP contribution in [-0.2, 0) is 19.3 Å². The van der Waals surface area contributed by atoms with Gasteiger partial charge in [0.15, 0.2) is 0 Å². The van der Waals surface area contributed by atoms with Crippen LogP contribution >= 0.6 is 0 Å². The van der Waals surface area contributed by atoms with Crippen LogP contribution in [0.3, 0.4) is 0 Å². The minimum Gasteiger partial charge on any atom is -0.0654 e. The van der Waals surface area contributed by atoms with Crippen LogP contribution in [0.2, 0.25) is 0 Å². The SMILES string of the molecule is CCCCCCCCc1cccc2c1c1cc3c4c(CCCCCCCC)cccc4c3c(CCCCCCCC)c21. The lowest BCUT2D eigenvalue weighted by Gasteiger charge is -2.26. The van der Waals surface area contributed by atoms with E-state index in [9.17, 15) is 0 Å². The second kappa shape index (κ2) is 15.9. The molecule has 0 bridgehead atoms. The van der Waals surface area contributed by atoms with E-state index in [1.807, 2.05) is 0 Å². The van der Waals surface area contributed by atoms with Crippen LogP contribution in [0.15, 0.2) is 42.5 Å². The fourth-order valence-corrected chi connectivity index (χ4v) is 7.82. The van der Waals surface area contributed by atoms with Crippen molar-refractivity contribution in [2.24, 2.45) is 0 Å². The Morgan fingerprint density at radius 3 is 1.17 bits per heavy atom. The standard InChI is InChI=1S/C42H58/c1-4-7-10-13-16-19-24-32-26-22-29-34-39(32)37-31-38-40-33(25-20-17-14-11-8-5-2)27-23-30-35(40)42(38)36(41(34)37)28-21-18-15-12-9-6-3/h22-23,26-27,29-31H,4-21,24-25,28H2,1-3H3. The molecule has 42 heavy (non-hydrogen) atoms. The van der Waals surface area contributed by atoms with Gasteiger partial charge in [0.2, 0.25) is 0 Å². The summed E-state index contributed by atoms with van der Waals surface area (Å²) in [7, 11) is 0. The van der Waals surface area contributed by atoms with Gasteiger partial charge in [-0.15, -0.1) is 0 Å². The molecule has 0 fully saturated rings. The summed E-state index contributed by atoms with van der Waals surface area (Å²) >= 11 is 0. The maximum absolute atomic E-state index is 2.62. The number of hydrogen-bond acceptors (Lipinski definition) is 0. The number of hydrogen-bond donors (Lipinski definition) is 0. The van der Waals surface area contributed by atoms with Crippen molar-refractivity contribution in [2.75, 3.05) is 0 Å². The molecule has 5 rings (SSSR count). The molecule has 0 aromatic heterocycles. The lowest BCUT2D eigenvalue weighted by Crippen LogP contribution is -2.02. The van der Waals surface area contributed by atoms with Crippen molar-refractivity contribution in [1.82, 2.24) is 0 Å². The maximum Gasteiger partial charge on any atom is -0.00600 e. The van der Waals surface area contributed by atoms with Crippen LogP contribution in [0.25, 0.3) is 43.1 Å². The summed E-state index contributed by atoms with van der Waals surface area (Å²) in [5.41, 5.74) is 4.87. The summed E-state index contributed by atoms with van der Waals surface area (Å²) in [6.45, 7) is 6.94. The van der Waals surface area contributed by atoms with E-state index in [0.29, 0.717) is 0 Å². The molecule has 0 aliphatic rings. The van der Waals surface area contributed by atoms with Gasteiger partial charge in [-0.3, -0.25) is 0 Å². The molecular formula is C42H58. The third-order valence-corrected chi connectivity index (χ3v) is 10.2. The highest BCUT2D eigenvalue weighted by Gasteiger charge is 2.24. The van der Waals surface area contributed by atoms with Crippen molar-refractivity contribution in [3.63, 3.8) is 0 Å². The topological polar surface area (TPSA) is 0 Å². The van der Waals surface area contributed by atoms with Crippen molar-refractivity contribution < 1.29 is 0 Å². The molecule has 0 aliphatic carbocycles. The molecule has 0 saturated heterocycles. The van der Waals surface area contributed by atoms with E-state index < -0.39 is 0 Å². The van der Waals surface area contributed by atoms with Gasteiger partial charge in [-0.1, -0.05) is 153 Å². The average molecular weight is 563 g/mol. The van der Waals surface area contributed by atoms with Gasteiger partial charge in [0, 0.05) is 0 Å². The second-order valence-corrected chi connectivity index (χ2v) is 13.4. The highest BCUT2D eigenvalue weighted by atomic mass is 14.3. The first-order valence-electron chi connectivity index (χ1n) is 18.2. The summed E-state index contributed by atoms with van der Waals surface area (Å²) in [4.78, 5) is 0. The Hall–Kier alpha value is -2.34. The highest BCUT2D eigenvalue weighted by Crippen LogP contribution is 2.49. The molecule has 0 nitrogen and oxygen atoms in total. The monoisotopic (exact) mass is 562 g/mol. The lowest BCUT2D eigenvalue weighted by molar-refractivity contribution is 0.608. The summed E-state index contributed by atoms with van der Waals surface area (Å²) in [6.07, 6.45) is 28.4. The first kappa shape index (κ1) is 31.1. The number of unbranched alkanes of at least 4 members (excludes halogenated alkanes) is 15. The molecule has 0 radical (unpaired) electrons. The van der Waals surface area contributed by atoms with Crippen LogP contribution in [-0.4, -0.2) is 0 Å². The van der Waals surface area contributed by atoms with Gasteiger partial charge >= 0.3 is 0 Å². The zero-order valence-corrected chi connectivity index (χ0v) is 27.4. The summed E-state index contributed by atoms with van der Waals surface area (Å²) < 4.78 is 0. The van der Waals surface area contributed by atoms with Crippen LogP contribution in [0.4, 0.5) is 0 Å². The van der Waals surface area contributed by atoms with Crippen molar-refractivity contribution in [1.29, 1.82) is 0 Å². The van der Waals surface area contributed by atoms with Gasteiger partial charge in [-0.2, -0.15) is 0 Å². The number of aryl methyl sites for hydroxylation is 3. The predicted molar refractivity (Wildman–Crippen MR) is 190 cm³/mol. The second-order valence-electron chi connectivity index (χ2n) is 13.4. The van der Waals surface area contributed by atoms with Gasteiger partial charge in [0.05, 0.1) is 0 Å². The Morgan fingerprint density at radius 2 is 0.738 bits per heavy atom. The molecule has 0 amide bonds. The molecule has 5 aromatic carbocycles. The highest BCUT2D eigenvalue weighted by molar-refractivity contribution is 6.37. The largest absolute Gasteiger partial charge is 0.0654 e. The van der Waals surface area contributed by atoms with Crippen molar-refractivity contribution in [3.8, 4) is 0 Å². The van der Waals surface area contributed by atoms with Crippen LogP contribution < -0.4 is 0 Å². The summed E-state index contributed by atoms with van der Waals surface area (Å²) in [5, 5.41) is 12.6. The first-order valence-corrected chi connectivity index (χ1v) is 18.2. The van der Waals surface area contributed by atoms with Crippen LogP contribution in [0.1, 0.15) is 153 Å². The maximum atomic E-state index is 2.62. The molecule has 0 spiro atoms. The predicted octanol–water partition coefficient (Wildman–Crippen LogP) is 13.9. The fraction of sp³-hybridized carbons (Fsp3) is 0.571. The molecule has 0 aliphatic heterocycles. The normalized spacial score (nSPS) is 12.3. The molecule has 0 heterocycles. The molecule has 0 saturated carbocycles. The van der Waals surface area contributed by atoms with Crippen molar-refractivity contribution >= 4 is 43.1 Å². The Bertz CT molecular complexity index is 1380. The molecule has 0 heteroatoms. The third kappa shape index (κ3) is 6.90. The summed E-state index contributed by atoms with van der Waals surface area (Å²) in [6, 6.07) is 17.0. The summed E-state index contributed by atoms with van der Waals surface area (Å²) in [5.74, 6) is 0. The zero-order chi connectivity index (χ0) is 29.1. The third-order valence-electron chi connectivity index (χ3n) is 10.2. The smallest absolute Gasteiger partial charge is 0.00600 e. The van der Waals surface area contributed by atoms with Gasteiger partial charge < -0.3 is 0 Å². The van der Waals surface area contributed by atoms with Crippen molar-refractivity contribution in [2.45, 2.75) is 156 Å². The Labute approximate surface area is 257 Å². The minimum atomic E-state index is 1.23. The van der Waals surface area contributed by atoms with E-state index in [-0.39, 0.29) is 0 Å². The zero-order valence-electron chi connectivity index (χ0n) is 27.4. The average Bonchev–Trinajstić information content (AvgIpc) is 2.99. The van der Waals surface area contributed by atoms with E-state index in [0.717, 1.165) is 0 Å². The minimum absolute atomic E-state index is 1.23. The first-order chi connectivity index (χ1) is 20.8. The van der Waals surface area contributed by atoms with E-state index in [1.165, 1.54) is 135 Å². The Balaban J connectivity index is 1.44. The number of fused-ring (bicyclic) bond motifs is 8. The van der Waals surface area contributed by atoms with E-state index in [4.69, 9.17) is 0 Å². The van der Waals surface area contributed by atoms with E-state index in [1.54, 1.807) is 59.8 Å². The van der Waals surface area contributed by atoms with Crippen molar-refractivity contribution in [3.05, 3.63) is 59.2 Å². The number of rotatable bonds is 21. The van der Waals surface area contributed by atoms with Gasteiger partial charge in [-0.25, -0.2) is 0 Å². The molecule has 226 valence electrons. The van der Waals surface area contributed by atoms with E-state index in [2.05, 4.69) is 63.2 Å². The van der Waals surface area contributed by atoms with Crippen LogP contribution in [0.5, 0.6) is 0 Å². The molecule has 0 N–H and O–H groups in total. The Morgan fingerprint density at radius 1 is 0.357 bits per heavy atom. The van der Waals surface area contributed by atoms with E-state index >= 15 is 0 Å². The number of benzene rings is 3. The van der Waals surface area contributed by atoms with Gasteiger partial charge in [0.1, 0.15) is 0 Å². The van der Waals surface area contributed by atoms with Gasteiger partial charge in [0.25, 0.3) is 0 Å². The van der Waals surface area contributed by atoms with Gasteiger partial charge in [-0.05, 0) is 104 Å². The van der Waals surface area contributed by atoms with Crippen LogP contribution in [0, 0.1) is 0 Å². The Kier molecular flexibility index (Phi) is 11.8. The molecule has 0 unspecified atom stereocenters. The lowest BCUT2D eigenvalue weighted by atomic mass is 9.78.